The minimum atomic E-state index is 0.0717. The van der Waals surface area contributed by atoms with Crippen molar-refractivity contribution < 1.29 is 14.1 Å². The van der Waals surface area contributed by atoms with E-state index < -0.39 is 0 Å². The third-order valence-corrected chi connectivity index (χ3v) is 3.31. The van der Waals surface area contributed by atoms with Gasteiger partial charge in [0.2, 0.25) is 5.82 Å². The largest absolute Gasteiger partial charge is 0.483 e. The summed E-state index contributed by atoms with van der Waals surface area (Å²) in [5.74, 6) is 1.17. The summed E-state index contributed by atoms with van der Waals surface area (Å²) < 4.78 is 10.7. The van der Waals surface area contributed by atoms with Crippen LogP contribution in [0.15, 0.2) is 53.1 Å². The first-order valence-corrected chi connectivity index (χ1v) is 6.90. The van der Waals surface area contributed by atoms with Crippen molar-refractivity contribution in [1.82, 2.24) is 10.1 Å². The maximum Gasteiger partial charge on any atom is 0.264 e. The lowest BCUT2D eigenvalue weighted by Gasteiger charge is -2.04. The van der Waals surface area contributed by atoms with Gasteiger partial charge in [-0.2, -0.15) is 4.98 Å². The number of carbonyl (C=O) groups excluding carboxylic acids is 1. The number of hydrogen-bond acceptors (Lipinski definition) is 5. The van der Waals surface area contributed by atoms with Gasteiger partial charge < -0.3 is 9.26 Å². The molecule has 0 unspecified atom stereocenters. The first-order chi connectivity index (χ1) is 10.8. The molecule has 3 aromatic rings. The number of aldehydes is 1. The van der Waals surface area contributed by atoms with Crippen molar-refractivity contribution in [3.05, 3.63) is 65.0 Å². The smallest absolute Gasteiger partial charge is 0.264 e. The van der Waals surface area contributed by atoms with Crippen LogP contribution in [0.3, 0.4) is 0 Å². The van der Waals surface area contributed by atoms with E-state index in [0.717, 1.165) is 6.29 Å². The van der Waals surface area contributed by atoms with E-state index in [1.54, 1.807) is 36.4 Å². The van der Waals surface area contributed by atoms with Gasteiger partial charge >= 0.3 is 0 Å². The Balaban J connectivity index is 1.75. The number of carbonyl (C=O) groups is 1. The zero-order chi connectivity index (χ0) is 15.4. The lowest BCUT2D eigenvalue weighted by molar-refractivity contribution is 0.111. The minimum Gasteiger partial charge on any atom is -0.483 e. The highest BCUT2D eigenvalue weighted by molar-refractivity contribution is 6.33. The van der Waals surface area contributed by atoms with Crippen LogP contribution < -0.4 is 4.74 Å². The molecule has 3 rings (SSSR count). The molecule has 0 aliphatic carbocycles. The Bertz CT molecular complexity index is 801. The molecule has 0 aliphatic rings. The molecular weight excluding hydrogens is 304 g/mol. The standard InChI is InChI=1S/C16H11ClN2O3/c17-13-7-3-2-6-12(13)16-18-15(22-19-16)10-21-14-8-4-1-5-11(14)9-20/h1-9H,10H2. The molecular formula is C16H11ClN2O3. The highest BCUT2D eigenvalue weighted by atomic mass is 35.5. The van der Waals surface area contributed by atoms with Crippen molar-refractivity contribution in [2.75, 3.05) is 0 Å². The molecule has 110 valence electrons. The summed E-state index contributed by atoms with van der Waals surface area (Å²) in [6.45, 7) is 0.0717. The second-order valence-electron chi connectivity index (χ2n) is 4.44. The van der Waals surface area contributed by atoms with Gasteiger partial charge in [-0.3, -0.25) is 4.79 Å². The molecule has 1 aromatic heterocycles. The Morgan fingerprint density at radius 3 is 2.73 bits per heavy atom. The van der Waals surface area contributed by atoms with Crippen molar-refractivity contribution in [2.24, 2.45) is 0 Å². The predicted octanol–water partition coefficient (Wildman–Crippen LogP) is 3.78. The van der Waals surface area contributed by atoms with Crippen LogP contribution in [0.4, 0.5) is 0 Å². The maximum absolute atomic E-state index is 10.9. The van der Waals surface area contributed by atoms with Crippen molar-refractivity contribution >= 4 is 17.9 Å². The molecule has 5 nitrogen and oxygen atoms in total. The van der Waals surface area contributed by atoms with E-state index in [1.165, 1.54) is 0 Å². The van der Waals surface area contributed by atoms with Gasteiger partial charge in [0.15, 0.2) is 12.9 Å². The Hall–Kier alpha value is -2.66. The van der Waals surface area contributed by atoms with Gasteiger partial charge in [0.1, 0.15) is 5.75 Å². The normalized spacial score (nSPS) is 10.4. The van der Waals surface area contributed by atoms with Gasteiger partial charge in [-0.15, -0.1) is 0 Å². The van der Waals surface area contributed by atoms with Gasteiger partial charge in [0, 0.05) is 5.56 Å². The summed E-state index contributed by atoms with van der Waals surface area (Å²) in [6.07, 6.45) is 0.734. The quantitative estimate of drug-likeness (QED) is 0.670. The molecule has 0 radical (unpaired) electrons. The van der Waals surface area contributed by atoms with Gasteiger partial charge in [0.25, 0.3) is 5.89 Å². The monoisotopic (exact) mass is 314 g/mol. The van der Waals surface area contributed by atoms with E-state index in [0.29, 0.717) is 33.6 Å². The molecule has 1 heterocycles. The zero-order valence-corrected chi connectivity index (χ0v) is 12.2. The van der Waals surface area contributed by atoms with Crippen LogP contribution in [0.25, 0.3) is 11.4 Å². The molecule has 0 aliphatic heterocycles. The Kier molecular flexibility index (Phi) is 4.16. The molecule has 0 bridgehead atoms. The second kappa shape index (κ2) is 6.41. The third kappa shape index (κ3) is 2.99. The topological polar surface area (TPSA) is 65.2 Å². The van der Waals surface area contributed by atoms with E-state index >= 15 is 0 Å². The fourth-order valence-corrected chi connectivity index (χ4v) is 2.13. The van der Waals surface area contributed by atoms with Crippen LogP contribution in [-0.4, -0.2) is 16.4 Å². The first-order valence-electron chi connectivity index (χ1n) is 6.52. The maximum atomic E-state index is 10.9. The van der Waals surface area contributed by atoms with Crippen molar-refractivity contribution in [3.8, 4) is 17.1 Å². The van der Waals surface area contributed by atoms with Gasteiger partial charge in [0.05, 0.1) is 10.6 Å². The van der Waals surface area contributed by atoms with Crippen molar-refractivity contribution in [1.29, 1.82) is 0 Å². The summed E-state index contributed by atoms with van der Waals surface area (Å²) in [4.78, 5) is 15.2. The summed E-state index contributed by atoms with van der Waals surface area (Å²) in [6, 6.07) is 14.1. The van der Waals surface area contributed by atoms with E-state index in [-0.39, 0.29) is 6.61 Å². The number of rotatable bonds is 5. The first kappa shape index (κ1) is 14.3. The van der Waals surface area contributed by atoms with E-state index in [1.807, 2.05) is 12.1 Å². The summed E-state index contributed by atoms with van der Waals surface area (Å²) in [5.41, 5.74) is 1.15. The average Bonchev–Trinajstić information content (AvgIpc) is 3.02. The summed E-state index contributed by atoms with van der Waals surface area (Å²) in [7, 11) is 0. The SMILES string of the molecule is O=Cc1ccccc1OCc1nc(-c2ccccc2Cl)no1. The minimum absolute atomic E-state index is 0.0717. The van der Waals surface area contributed by atoms with Crippen LogP contribution in [0.5, 0.6) is 5.75 Å². The van der Waals surface area contributed by atoms with Crippen LogP contribution >= 0.6 is 11.6 Å². The number of hydrogen-bond donors (Lipinski definition) is 0. The highest BCUT2D eigenvalue weighted by Gasteiger charge is 2.12. The molecule has 0 N–H and O–H groups in total. The Morgan fingerprint density at radius 2 is 1.91 bits per heavy atom. The summed E-state index contributed by atoms with van der Waals surface area (Å²) in [5, 5.41) is 4.43. The molecule has 0 spiro atoms. The van der Waals surface area contributed by atoms with Crippen LogP contribution in [-0.2, 0) is 6.61 Å². The number of benzene rings is 2. The molecule has 2 aromatic carbocycles. The van der Waals surface area contributed by atoms with E-state index in [9.17, 15) is 4.79 Å². The fourth-order valence-electron chi connectivity index (χ4n) is 1.91. The number of halogens is 1. The molecule has 0 amide bonds. The van der Waals surface area contributed by atoms with E-state index in [4.69, 9.17) is 20.9 Å². The molecule has 0 saturated carbocycles. The Labute approximate surface area is 131 Å². The summed E-state index contributed by atoms with van der Waals surface area (Å²) >= 11 is 6.09. The third-order valence-electron chi connectivity index (χ3n) is 2.98. The fraction of sp³-hybridized carbons (Fsp3) is 0.0625. The number of aromatic nitrogens is 2. The molecule has 22 heavy (non-hydrogen) atoms. The van der Waals surface area contributed by atoms with Crippen molar-refractivity contribution in [3.63, 3.8) is 0 Å². The predicted molar refractivity (Wildman–Crippen MR) is 80.9 cm³/mol. The second-order valence-corrected chi connectivity index (χ2v) is 4.84. The molecule has 0 fully saturated rings. The van der Waals surface area contributed by atoms with Gasteiger partial charge in [-0.05, 0) is 24.3 Å². The number of nitrogens with zero attached hydrogens (tertiary/aromatic N) is 2. The van der Waals surface area contributed by atoms with Crippen LogP contribution in [0.2, 0.25) is 5.02 Å². The van der Waals surface area contributed by atoms with Gasteiger partial charge in [-0.1, -0.05) is 41.0 Å². The van der Waals surface area contributed by atoms with Crippen LogP contribution in [0, 0.1) is 0 Å². The number of para-hydroxylation sites is 1. The lowest BCUT2D eigenvalue weighted by Crippen LogP contribution is -1.98. The van der Waals surface area contributed by atoms with Gasteiger partial charge in [-0.25, -0.2) is 0 Å². The molecule has 6 heteroatoms. The van der Waals surface area contributed by atoms with Crippen molar-refractivity contribution in [2.45, 2.75) is 6.61 Å². The zero-order valence-electron chi connectivity index (χ0n) is 11.4. The highest BCUT2D eigenvalue weighted by Crippen LogP contribution is 2.25. The Morgan fingerprint density at radius 1 is 1.14 bits per heavy atom. The molecule has 0 atom stereocenters. The number of ether oxygens (including phenoxy) is 1. The van der Waals surface area contributed by atoms with E-state index in [2.05, 4.69) is 10.1 Å². The van der Waals surface area contributed by atoms with Crippen LogP contribution in [0.1, 0.15) is 16.2 Å². The average molecular weight is 315 g/mol. The molecule has 0 saturated heterocycles. The lowest BCUT2D eigenvalue weighted by atomic mass is 10.2.